The van der Waals surface area contributed by atoms with Crippen LogP contribution in [0.25, 0.3) is 0 Å². The Kier molecular flexibility index (Phi) is 5.28. The van der Waals surface area contributed by atoms with Crippen LogP contribution >= 0.6 is 0 Å². The van der Waals surface area contributed by atoms with E-state index in [-0.39, 0.29) is 11.3 Å². The molecule has 1 aromatic carbocycles. The van der Waals surface area contributed by atoms with Gasteiger partial charge in [0.25, 0.3) is 11.8 Å². The predicted octanol–water partition coefficient (Wildman–Crippen LogP) is 2.80. The number of halogens is 1. The Labute approximate surface area is 149 Å². The number of aromatic nitrogens is 2. The largest absolute Gasteiger partial charge is 0.347 e. The van der Waals surface area contributed by atoms with Crippen molar-refractivity contribution in [2.45, 2.75) is 6.54 Å². The van der Waals surface area contributed by atoms with Gasteiger partial charge in [-0.2, -0.15) is 0 Å². The fourth-order valence-electron chi connectivity index (χ4n) is 2.24. The van der Waals surface area contributed by atoms with E-state index in [0.717, 1.165) is 5.56 Å². The van der Waals surface area contributed by atoms with Gasteiger partial charge in [-0.1, -0.05) is 6.07 Å². The van der Waals surface area contributed by atoms with Gasteiger partial charge in [0, 0.05) is 36.4 Å². The number of nitrogens with one attached hydrogen (secondary N) is 2. The highest BCUT2D eigenvalue weighted by molar-refractivity contribution is 6.05. The molecule has 7 heteroatoms. The minimum atomic E-state index is -0.457. The standard InChI is InChI=1S/C19H15FN4O2/c20-15-2-1-3-16(11-15)24-18(25)14-6-9-22-17(10-14)19(26)23-12-13-4-7-21-8-5-13/h1-11H,12H2,(H,23,26)(H,24,25). The summed E-state index contributed by atoms with van der Waals surface area (Å²) in [6.45, 7) is 0.322. The van der Waals surface area contributed by atoms with Crippen molar-refractivity contribution in [3.05, 3.63) is 89.8 Å². The van der Waals surface area contributed by atoms with Crippen LogP contribution in [0.3, 0.4) is 0 Å². The van der Waals surface area contributed by atoms with Crippen molar-refractivity contribution < 1.29 is 14.0 Å². The summed E-state index contributed by atoms with van der Waals surface area (Å²) in [5.41, 5.74) is 1.59. The Hall–Kier alpha value is -3.61. The summed E-state index contributed by atoms with van der Waals surface area (Å²) < 4.78 is 13.2. The molecule has 0 atom stereocenters. The predicted molar refractivity (Wildman–Crippen MR) is 94.0 cm³/mol. The van der Waals surface area contributed by atoms with Crippen molar-refractivity contribution in [2.75, 3.05) is 5.32 Å². The van der Waals surface area contributed by atoms with Crippen LogP contribution in [-0.4, -0.2) is 21.8 Å². The normalized spacial score (nSPS) is 10.2. The summed E-state index contributed by atoms with van der Waals surface area (Å²) in [6.07, 6.45) is 4.65. The number of carbonyl (C=O) groups is 2. The van der Waals surface area contributed by atoms with Gasteiger partial charge in [-0.15, -0.1) is 0 Å². The van der Waals surface area contributed by atoms with Gasteiger partial charge in [0.05, 0.1) is 0 Å². The Morgan fingerprint density at radius 1 is 0.962 bits per heavy atom. The van der Waals surface area contributed by atoms with Gasteiger partial charge >= 0.3 is 0 Å². The molecule has 130 valence electrons. The second-order valence-corrected chi connectivity index (χ2v) is 5.43. The van der Waals surface area contributed by atoms with Crippen LogP contribution in [-0.2, 0) is 6.54 Å². The van der Waals surface area contributed by atoms with Gasteiger partial charge < -0.3 is 10.6 Å². The second kappa shape index (κ2) is 7.98. The fourth-order valence-corrected chi connectivity index (χ4v) is 2.24. The summed E-state index contributed by atoms with van der Waals surface area (Å²) in [6, 6.07) is 12.0. The molecule has 0 fully saturated rings. The fraction of sp³-hybridized carbons (Fsp3) is 0.0526. The first-order valence-corrected chi connectivity index (χ1v) is 7.82. The van der Waals surface area contributed by atoms with Crippen molar-refractivity contribution in [1.82, 2.24) is 15.3 Å². The summed E-state index contributed by atoms with van der Waals surface area (Å²) in [5.74, 6) is -1.31. The maximum Gasteiger partial charge on any atom is 0.270 e. The van der Waals surface area contributed by atoms with Gasteiger partial charge in [-0.05, 0) is 48.0 Å². The van der Waals surface area contributed by atoms with E-state index in [4.69, 9.17) is 0 Å². The molecule has 0 spiro atoms. The number of benzene rings is 1. The average molecular weight is 350 g/mol. The molecule has 2 N–H and O–H groups in total. The van der Waals surface area contributed by atoms with Crippen molar-refractivity contribution >= 4 is 17.5 Å². The lowest BCUT2D eigenvalue weighted by Crippen LogP contribution is -2.24. The van der Waals surface area contributed by atoms with Crippen LogP contribution in [0, 0.1) is 5.82 Å². The third-order valence-electron chi connectivity index (χ3n) is 3.54. The molecular weight excluding hydrogens is 335 g/mol. The number of anilines is 1. The number of hydrogen-bond donors (Lipinski definition) is 2. The van der Waals surface area contributed by atoms with E-state index >= 15 is 0 Å². The molecule has 0 saturated carbocycles. The van der Waals surface area contributed by atoms with Crippen molar-refractivity contribution in [3.63, 3.8) is 0 Å². The van der Waals surface area contributed by atoms with E-state index in [1.165, 1.54) is 36.5 Å². The molecule has 3 aromatic rings. The number of amides is 2. The van der Waals surface area contributed by atoms with Crippen LogP contribution in [0.15, 0.2) is 67.1 Å². The molecule has 0 aliphatic heterocycles. The minimum Gasteiger partial charge on any atom is -0.347 e. The maximum atomic E-state index is 13.2. The van der Waals surface area contributed by atoms with E-state index in [1.807, 2.05) is 0 Å². The van der Waals surface area contributed by atoms with Crippen LogP contribution in [0.4, 0.5) is 10.1 Å². The van der Waals surface area contributed by atoms with Crippen LogP contribution in [0.1, 0.15) is 26.4 Å². The molecule has 26 heavy (non-hydrogen) atoms. The number of pyridine rings is 2. The molecule has 0 unspecified atom stereocenters. The summed E-state index contributed by atoms with van der Waals surface area (Å²) in [4.78, 5) is 32.4. The molecule has 2 amide bonds. The molecule has 0 saturated heterocycles. The molecule has 0 bridgehead atoms. The highest BCUT2D eigenvalue weighted by Gasteiger charge is 2.12. The lowest BCUT2D eigenvalue weighted by atomic mass is 10.2. The molecule has 0 aliphatic carbocycles. The average Bonchev–Trinajstić information content (AvgIpc) is 2.67. The Morgan fingerprint density at radius 2 is 1.77 bits per heavy atom. The third kappa shape index (κ3) is 4.47. The first kappa shape index (κ1) is 17.2. The van der Waals surface area contributed by atoms with Gasteiger partial charge in [0.15, 0.2) is 0 Å². The van der Waals surface area contributed by atoms with E-state index in [2.05, 4.69) is 20.6 Å². The SMILES string of the molecule is O=C(Nc1cccc(F)c1)c1ccnc(C(=O)NCc2ccncc2)c1. The Balaban J connectivity index is 1.67. The molecule has 2 heterocycles. The third-order valence-corrected chi connectivity index (χ3v) is 3.54. The smallest absolute Gasteiger partial charge is 0.270 e. The monoisotopic (exact) mass is 350 g/mol. The summed E-state index contributed by atoms with van der Waals surface area (Å²) in [7, 11) is 0. The Morgan fingerprint density at radius 3 is 2.54 bits per heavy atom. The van der Waals surface area contributed by atoms with Crippen molar-refractivity contribution in [3.8, 4) is 0 Å². The molecule has 0 aliphatic rings. The zero-order valence-electron chi connectivity index (χ0n) is 13.6. The first-order chi connectivity index (χ1) is 12.6. The number of hydrogen-bond acceptors (Lipinski definition) is 4. The topological polar surface area (TPSA) is 84.0 Å². The molecule has 2 aromatic heterocycles. The second-order valence-electron chi connectivity index (χ2n) is 5.43. The number of rotatable bonds is 5. The molecular formula is C19H15FN4O2. The van der Waals surface area contributed by atoms with Crippen LogP contribution in [0.5, 0.6) is 0 Å². The number of nitrogens with zero attached hydrogens (tertiary/aromatic N) is 2. The molecule has 3 rings (SSSR count). The minimum absolute atomic E-state index is 0.117. The van der Waals surface area contributed by atoms with Crippen LogP contribution in [0.2, 0.25) is 0 Å². The summed E-state index contributed by atoms with van der Waals surface area (Å²) in [5, 5.41) is 5.31. The van der Waals surface area contributed by atoms with Gasteiger partial charge in [0.1, 0.15) is 11.5 Å². The highest BCUT2D eigenvalue weighted by atomic mass is 19.1. The van der Waals surface area contributed by atoms with Gasteiger partial charge in [-0.25, -0.2) is 4.39 Å². The molecule has 6 nitrogen and oxygen atoms in total. The van der Waals surface area contributed by atoms with E-state index < -0.39 is 17.6 Å². The molecule has 0 radical (unpaired) electrons. The zero-order chi connectivity index (χ0) is 18.4. The number of carbonyl (C=O) groups excluding carboxylic acids is 2. The summed E-state index contributed by atoms with van der Waals surface area (Å²) >= 11 is 0. The van der Waals surface area contributed by atoms with Gasteiger partial charge in [-0.3, -0.25) is 19.6 Å². The Bertz CT molecular complexity index is 932. The van der Waals surface area contributed by atoms with E-state index in [1.54, 1.807) is 30.6 Å². The van der Waals surface area contributed by atoms with E-state index in [9.17, 15) is 14.0 Å². The lowest BCUT2D eigenvalue weighted by Gasteiger charge is -2.07. The van der Waals surface area contributed by atoms with E-state index in [0.29, 0.717) is 12.2 Å². The zero-order valence-corrected chi connectivity index (χ0v) is 13.6. The van der Waals surface area contributed by atoms with Crippen molar-refractivity contribution in [1.29, 1.82) is 0 Å². The highest BCUT2D eigenvalue weighted by Crippen LogP contribution is 2.11. The quantitative estimate of drug-likeness (QED) is 0.741. The first-order valence-electron chi connectivity index (χ1n) is 7.82. The maximum absolute atomic E-state index is 13.2. The lowest BCUT2D eigenvalue weighted by molar-refractivity contribution is 0.0946. The van der Waals surface area contributed by atoms with Gasteiger partial charge in [0.2, 0.25) is 0 Å². The van der Waals surface area contributed by atoms with Crippen LogP contribution < -0.4 is 10.6 Å². The van der Waals surface area contributed by atoms with Crippen molar-refractivity contribution in [2.24, 2.45) is 0 Å².